The number of unbranched alkanes of at least 4 members (excludes halogenated alkanes) is 1. The molecule has 0 spiro atoms. The van der Waals surface area contributed by atoms with Crippen molar-refractivity contribution >= 4 is 17.7 Å². The van der Waals surface area contributed by atoms with Crippen LogP contribution in [0, 0.1) is 5.92 Å². The summed E-state index contributed by atoms with van der Waals surface area (Å²) in [5, 5.41) is 15.1. The van der Waals surface area contributed by atoms with Gasteiger partial charge in [0.05, 0.1) is 13.2 Å². The quantitative estimate of drug-likeness (QED) is 0.364. The van der Waals surface area contributed by atoms with Crippen molar-refractivity contribution in [3.05, 3.63) is 23.4 Å². The predicted molar refractivity (Wildman–Crippen MR) is 121 cm³/mol. The zero-order valence-electron chi connectivity index (χ0n) is 19.2. The van der Waals surface area contributed by atoms with Crippen LogP contribution in [0.5, 0.6) is 0 Å². The zero-order valence-corrected chi connectivity index (χ0v) is 19.2. The second-order valence-electron chi connectivity index (χ2n) is 8.28. The minimum atomic E-state index is -0.982. The van der Waals surface area contributed by atoms with Crippen LogP contribution in [0.15, 0.2) is 12.1 Å². The van der Waals surface area contributed by atoms with Gasteiger partial charge in [-0.15, -0.1) is 0 Å². The highest BCUT2D eigenvalue weighted by Gasteiger charge is 2.22. The average Bonchev–Trinajstić information content (AvgIpc) is 2.71. The molecule has 1 aliphatic rings. The lowest BCUT2D eigenvalue weighted by atomic mass is 10.0. The monoisotopic (exact) mass is 434 g/mol. The molecule has 8 nitrogen and oxygen atoms in total. The van der Waals surface area contributed by atoms with Crippen LogP contribution in [0.1, 0.15) is 50.8 Å². The summed E-state index contributed by atoms with van der Waals surface area (Å²) in [6.45, 7) is 7.61. The van der Waals surface area contributed by atoms with Gasteiger partial charge in [0.1, 0.15) is 11.9 Å². The Kier molecular flexibility index (Phi) is 10.7. The number of anilines is 1. The fourth-order valence-electron chi connectivity index (χ4n) is 3.78. The van der Waals surface area contributed by atoms with E-state index in [1.807, 2.05) is 7.05 Å². The van der Waals surface area contributed by atoms with Crippen LogP contribution in [0.2, 0.25) is 0 Å². The molecule has 0 aromatic carbocycles. The summed E-state index contributed by atoms with van der Waals surface area (Å²) >= 11 is 0. The van der Waals surface area contributed by atoms with E-state index >= 15 is 0 Å². The van der Waals surface area contributed by atoms with Crippen molar-refractivity contribution in [3.63, 3.8) is 0 Å². The minimum Gasteiger partial charge on any atom is -0.480 e. The van der Waals surface area contributed by atoms with Gasteiger partial charge in [-0.1, -0.05) is 13.0 Å². The number of amides is 1. The van der Waals surface area contributed by atoms with E-state index in [1.54, 1.807) is 0 Å². The smallest absolute Gasteiger partial charge is 0.326 e. The predicted octanol–water partition coefficient (Wildman–Crippen LogP) is 2.33. The number of nitrogens with zero attached hydrogens (tertiary/aromatic N) is 2. The summed E-state index contributed by atoms with van der Waals surface area (Å²) < 4.78 is 5.27. The van der Waals surface area contributed by atoms with Gasteiger partial charge in [-0.3, -0.25) is 4.79 Å². The van der Waals surface area contributed by atoms with Crippen LogP contribution >= 0.6 is 0 Å². The summed E-state index contributed by atoms with van der Waals surface area (Å²) in [4.78, 5) is 29.7. The Morgan fingerprint density at radius 3 is 2.61 bits per heavy atom. The van der Waals surface area contributed by atoms with Crippen molar-refractivity contribution in [2.75, 3.05) is 45.2 Å². The number of aliphatic carboxylic acids is 1. The van der Waals surface area contributed by atoms with E-state index in [2.05, 4.69) is 34.6 Å². The molecule has 31 heavy (non-hydrogen) atoms. The number of rotatable bonds is 15. The highest BCUT2D eigenvalue weighted by molar-refractivity contribution is 5.82. The largest absolute Gasteiger partial charge is 0.480 e. The van der Waals surface area contributed by atoms with Crippen LogP contribution in [-0.4, -0.2) is 72.8 Å². The van der Waals surface area contributed by atoms with E-state index in [9.17, 15) is 14.7 Å². The molecule has 1 unspecified atom stereocenters. The molecule has 1 fully saturated rings. The highest BCUT2D eigenvalue weighted by Crippen LogP contribution is 2.17. The number of hydrogen-bond acceptors (Lipinski definition) is 6. The number of ether oxygens (including phenoxy) is 1. The lowest BCUT2D eigenvalue weighted by molar-refractivity contribution is -0.141. The lowest BCUT2D eigenvalue weighted by Crippen LogP contribution is -2.43. The third kappa shape index (κ3) is 8.83. The van der Waals surface area contributed by atoms with Crippen LogP contribution in [0.4, 0.5) is 5.82 Å². The molecule has 1 aliphatic heterocycles. The van der Waals surface area contributed by atoms with Crippen LogP contribution in [0.25, 0.3) is 0 Å². The molecule has 3 N–H and O–H groups in total. The van der Waals surface area contributed by atoms with Crippen molar-refractivity contribution in [1.82, 2.24) is 15.2 Å². The van der Waals surface area contributed by atoms with Gasteiger partial charge in [-0.25, -0.2) is 9.78 Å². The Morgan fingerprint density at radius 1 is 1.26 bits per heavy atom. The maximum atomic E-state index is 11.4. The Labute approximate surface area is 185 Å². The fourth-order valence-corrected chi connectivity index (χ4v) is 3.78. The second-order valence-corrected chi connectivity index (χ2v) is 8.28. The molecular weight excluding hydrogens is 396 g/mol. The molecule has 174 valence electrons. The summed E-state index contributed by atoms with van der Waals surface area (Å²) in [6, 6.07) is 3.42. The van der Waals surface area contributed by atoms with E-state index < -0.39 is 12.0 Å². The van der Waals surface area contributed by atoms with Gasteiger partial charge in [0, 0.05) is 32.1 Å². The van der Waals surface area contributed by atoms with Crippen LogP contribution < -0.4 is 10.6 Å². The number of carbonyl (C=O) groups excluding carboxylic acids is 1. The Morgan fingerprint density at radius 2 is 2.03 bits per heavy atom. The first-order valence-electron chi connectivity index (χ1n) is 11.4. The number of hydrogen-bond donors (Lipinski definition) is 3. The number of nitrogens with one attached hydrogen (secondary N) is 2. The van der Waals surface area contributed by atoms with Gasteiger partial charge in [-0.2, -0.15) is 0 Å². The Balaban J connectivity index is 1.82. The highest BCUT2D eigenvalue weighted by atomic mass is 16.5. The maximum Gasteiger partial charge on any atom is 0.326 e. The Bertz CT molecular complexity index is 709. The van der Waals surface area contributed by atoms with Gasteiger partial charge >= 0.3 is 5.97 Å². The van der Waals surface area contributed by atoms with Gasteiger partial charge in [0.2, 0.25) is 5.91 Å². The molecule has 1 aromatic rings. The number of aromatic nitrogens is 1. The number of carboxylic acids is 1. The first-order chi connectivity index (χ1) is 14.9. The van der Waals surface area contributed by atoms with E-state index in [-0.39, 0.29) is 5.91 Å². The molecule has 2 heterocycles. The van der Waals surface area contributed by atoms with Crippen LogP contribution in [0.3, 0.4) is 0 Å². The molecule has 1 aromatic heterocycles. The van der Waals surface area contributed by atoms with Gasteiger partial charge in [-0.05, 0) is 63.2 Å². The third-order valence-corrected chi connectivity index (χ3v) is 5.78. The van der Waals surface area contributed by atoms with Crippen molar-refractivity contribution in [2.45, 2.75) is 58.4 Å². The number of carboxylic acid groups (broad SMARTS) is 1. The van der Waals surface area contributed by atoms with Gasteiger partial charge < -0.3 is 25.4 Å². The fraction of sp³-hybridized carbons (Fsp3) is 0.696. The molecule has 1 amide bonds. The third-order valence-electron chi connectivity index (χ3n) is 5.78. The normalized spacial score (nSPS) is 14.8. The number of pyridine rings is 1. The molecule has 0 saturated carbocycles. The zero-order chi connectivity index (χ0) is 22.6. The molecule has 0 radical (unpaired) electrons. The van der Waals surface area contributed by atoms with Crippen LogP contribution in [-0.2, 0) is 27.2 Å². The molecule has 1 saturated heterocycles. The topological polar surface area (TPSA) is 104 Å². The van der Waals surface area contributed by atoms with Gasteiger partial charge in [0.15, 0.2) is 0 Å². The van der Waals surface area contributed by atoms with Crippen molar-refractivity contribution in [1.29, 1.82) is 0 Å². The summed E-state index contributed by atoms with van der Waals surface area (Å²) in [7, 11) is 1.90. The minimum absolute atomic E-state index is 0.312. The Hall–Kier alpha value is -2.19. The number of aryl methyl sites for hydroxylation is 2. The first-order valence-corrected chi connectivity index (χ1v) is 11.4. The maximum absolute atomic E-state index is 11.4. The molecule has 1 atom stereocenters. The van der Waals surface area contributed by atoms with E-state index in [0.717, 1.165) is 69.9 Å². The van der Waals surface area contributed by atoms with Crippen molar-refractivity contribution in [3.8, 4) is 0 Å². The molecule has 2 rings (SSSR count). The molecule has 0 bridgehead atoms. The molecule has 8 heteroatoms. The summed E-state index contributed by atoms with van der Waals surface area (Å²) in [5.41, 5.74) is 2.32. The summed E-state index contributed by atoms with van der Waals surface area (Å²) in [6.07, 6.45) is 5.39. The average molecular weight is 435 g/mol. The van der Waals surface area contributed by atoms with Crippen molar-refractivity contribution in [2.24, 2.45) is 5.92 Å². The van der Waals surface area contributed by atoms with Crippen molar-refractivity contribution < 1.29 is 19.4 Å². The van der Waals surface area contributed by atoms with Gasteiger partial charge in [0.25, 0.3) is 0 Å². The van der Waals surface area contributed by atoms with E-state index in [0.29, 0.717) is 18.9 Å². The second kappa shape index (κ2) is 13.3. The summed E-state index contributed by atoms with van der Waals surface area (Å²) in [5.74, 6) is 0.272. The van der Waals surface area contributed by atoms with E-state index in [1.165, 1.54) is 12.5 Å². The first kappa shape index (κ1) is 25.1. The standard InChI is InChI=1S/C23H38N4O4/c1-4-19-8-9-20(26-22(19)24-3)7-5-6-12-27(13-10-18-15-31-16-18)14-11-21(23(29)30)25-17(2)28/h8-9,18,21H,4-7,10-16H2,1-3H3,(H,24,26)(H,25,28)(H,29,30). The SMILES string of the molecule is CCc1ccc(CCCCN(CCC2COC2)CCC(NC(C)=O)C(=O)O)nc1NC. The lowest BCUT2D eigenvalue weighted by Gasteiger charge is -2.30. The number of carbonyl (C=O) groups is 2. The van der Waals surface area contributed by atoms with E-state index in [4.69, 9.17) is 9.72 Å². The molecule has 0 aliphatic carbocycles. The molecular formula is C23H38N4O4.